The molecule has 0 unspecified atom stereocenters. The van der Waals surface area contributed by atoms with Crippen molar-refractivity contribution in [2.75, 3.05) is 11.5 Å². The normalized spacial score (nSPS) is 10.5. The van der Waals surface area contributed by atoms with Gasteiger partial charge in [0.1, 0.15) is 0 Å². The van der Waals surface area contributed by atoms with E-state index in [0.29, 0.717) is 0 Å². The zero-order valence-electron chi connectivity index (χ0n) is 17.5. The molecule has 5 rings (SSSR count). The summed E-state index contributed by atoms with van der Waals surface area (Å²) in [5, 5.41) is 2.17. The number of aromatic nitrogens is 2. The summed E-state index contributed by atoms with van der Waals surface area (Å²) in [7, 11) is 0. The standard InChI is InChI=1S/C26H22N4.2BrH/c27-23-12-14-29(25-10-3-1-8-21(23)25)17-19-6-5-7-20(16-19)18-30-15-13-24(28)22-9-2-4-11-26(22)30;;/h1-16,27-28H,17-18H2;2*1H. The molecule has 0 atom stereocenters. The number of halogens is 2. The Labute approximate surface area is 208 Å². The maximum atomic E-state index is 6.16. The summed E-state index contributed by atoms with van der Waals surface area (Å²) in [6, 6.07) is 29.2. The molecule has 0 aliphatic rings. The van der Waals surface area contributed by atoms with E-state index in [0.717, 1.165) is 46.3 Å². The average molecular weight is 552 g/mol. The Morgan fingerprint density at radius 3 is 1.44 bits per heavy atom. The molecule has 4 nitrogen and oxygen atoms in total. The van der Waals surface area contributed by atoms with Gasteiger partial charge in [-0.25, -0.2) is 0 Å². The molecule has 0 bridgehead atoms. The molecule has 6 heteroatoms. The van der Waals surface area contributed by atoms with E-state index in [1.807, 2.05) is 24.3 Å². The van der Waals surface area contributed by atoms with Crippen molar-refractivity contribution in [3.8, 4) is 0 Å². The minimum Gasteiger partial charge on any atom is -1.00 e. The van der Waals surface area contributed by atoms with Gasteiger partial charge >= 0.3 is 0 Å². The van der Waals surface area contributed by atoms with Crippen LogP contribution in [0.2, 0.25) is 0 Å². The van der Waals surface area contributed by atoms with Crippen molar-refractivity contribution in [3.05, 3.63) is 108 Å². The van der Waals surface area contributed by atoms with Gasteiger partial charge in [-0.05, 0) is 18.2 Å². The Kier molecular flexibility index (Phi) is 7.48. The van der Waals surface area contributed by atoms with Crippen LogP contribution in [-0.2, 0) is 13.1 Å². The van der Waals surface area contributed by atoms with Gasteiger partial charge in [0, 0.05) is 35.4 Å². The predicted octanol–water partition coefficient (Wildman–Crippen LogP) is -2.16. The van der Waals surface area contributed by atoms with Crippen LogP contribution in [0.4, 0.5) is 11.4 Å². The second kappa shape index (κ2) is 10.1. The first-order valence-electron chi connectivity index (χ1n) is 10.1. The Balaban J connectivity index is 0.00000144. The summed E-state index contributed by atoms with van der Waals surface area (Å²) in [5.74, 6) is 0. The molecular formula is C26H24Br2N4. The van der Waals surface area contributed by atoms with E-state index >= 15 is 0 Å². The van der Waals surface area contributed by atoms with E-state index in [2.05, 4.69) is 82.2 Å². The number of rotatable bonds is 4. The molecule has 0 aliphatic heterocycles. The topological polar surface area (TPSA) is 59.8 Å². The predicted molar refractivity (Wildman–Crippen MR) is 122 cm³/mol. The van der Waals surface area contributed by atoms with Gasteiger partial charge in [0.15, 0.2) is 25.5 Å². The van der Waals surface area contributed by atoms with Gasteiger partial charge in [-0.15, -0.1) is 0 Å². The van der Waals surface area contributed by atoms with Crippen molar-refractivity contribution in [2.45, 2.75) is 13.1 Å². The van der Waals surface area contributed by atoms with Crippen LogP contribution >= 0.6 is 0 Å². The van der Waals surface area contributed by atoms with Crippen molar-refractivity contribution in [2.24, 2.45) is 0 Å². The molecule has 2 aromatic heterocycles. The zero-order chi connectivity index (χ0) is 20.5. The van der Waals surface area contributed by atoms with Crippen molar-refractivity contribution >= 4 is 33.2 Å². The molecule has 4 N–H and O–H groups in total. The molecule has 0 aliphatic carbocycles. The molecule has 5 aromatic rings. The van der Waals surface area contributed by atoms with E-state index in [-0.39, 0.29) is 34.0 Å². The van der Waals surface area contributed by atoms with Gasteiger partial charge in [0.05, 0.1) is 22.1 Å². The first kappa shape index (κ1) is 23.7. The number of nitrogen functional groups attached to an aromatic ring is 2. The number of hydrogen-bond acceptors (Lipinski definition) is 2. The number of para-hydroxylation sites is 2. The van der Waals surface area contributed by atoms with Crippen LogP contribution in [-0.4, -0.2) is 0 Å². The molecule has 0 saturated heterocycles. The van der Waals surface area contributed by atoms with Gasteiger partial charge in [0.25, 0.3) is 0 Å². The van der Waals surface area contributed by atoms with Gasteiger partial charge in [-0.1, -0.05) is 42.5 Å². The van der Waals surface area contributed by atoms with Crippen LogP contribution in [0, 0.1) is 0 Å². The van der Waals surface area contributed by atoms with Crippen LogP contribution in [0.25, 0.3) is 21.8 Å². The third-order valence-electron chi connectivity index (χ3n) is 5.61. The highest BCUT2D eigenvalue weighted by Crippen LogP contribution is 2.18. The fraction of sp³-hybridized carbons (Fsp3) is 0.0769. The molecule has 0 spiro atoms. The fourth-order valence-electron chi connectivity index (χ4n) is 4.11. The Morgan fingerprint density at radius 2 is 0.969 bits per heavy atom. The zero-order valence-corrected chi connectivity index (χ0v) is 20.6. The Bertz CT molecular complexity index is 1280. The number of pyridine rings is 2. The van der Waals surface area contributed by atoms with Gasteiger partial charge in [-0.3, -0.25) is 0 Å². The summed E-state index contributed by atoms with van der Waals surface area (Å²) in [6.45, 7) is 1.59. The molecule has 162 valence electrons. The van der Waals surface area contributed by atoms with Crippen molar-refractivity contribution in [1.29, 1.82) is 0 Å². The third-order valence-corrected chi connectivity index (χ3v) is 5.61. The number of nitrogens with two attached hydrogens (primary N) is 2. The lowest BCUT2D eigenvalue weighted by Gasteiger charge is -2.06. The molecule has 3 aromatic carbocycles. The van der Waals surface area contributed by atoms with E-state index in [9.17, 15) is 0 Å². The lowest BCUT2D eigenvalue weighted by molar-refractivity contribution is -0.663. The highest BCUT2D eigenvalue weighted by molar-refractivity contribution is 5.88. The molecule has 0 saturated carbocycles. The molecular weight excluding hydrogens is 528 g/mol. The van der Waals surface area contributed by atoms with Gasteiger partial charge in [0.2, 0.25) is 11.0 Å². The lowest BCUT2D eigenvalue weighted by Crippen LogP contribution is -3.00. The minimum atomic E-state index is 0. The highest BCUT2D eigenvalue weighted by atomic mass is 79.9. The molecule has 0 radical (unpaired) electrons. The lowest BCUT2D eigenvalue weighted by atomic mass is 10.1. The number of fused-ring (bicyclic) bond motifs is 2. The van der Waals surface area contributed by atoms with Crippen molar-refractivity contribution < 1.29 is 43.1 Å². The number of anilines is 2. The number of benzene rings is 3. The van der Waals surface area contributed by atoms with Gasteiger partial charge in [-0.2, -0.15) is 9.13 Å². The third kappa shape index (κ3) is 4.61. The van der Waals surface area contributed by atoms with Crippen molar-refractivity contribution in [3.63, 3.8) is 0 Å². The van der Waals surface area contributed by atoms with E-state index in [1.165, 1.54) is 11.1 Å². The molecule has 0 amide bonds. The minimum absolute atomic E-state index is 0. The summed E-state index contributed by atoms with van der Waals surface area (Å²) >= 11 is 0. The molecule has 0 fully saturated rings. The summed E-state index contributed by atoms with van der Waals surface area (Å²) in [5.41, 5.74) is 18.7. The van der Waals surface area contributed by atoms with Crippen LogP contribution < -0.4 is 54.6 Å². The van der Waals surface area contributed by atoms with Crippen molar-refractivity contribution in [1.82, 2.24) is 0 Å². The maximum absolute atomic E-state index is 6.16. The molecule has 32 heavy (non-hydrogen) atoms. The smallest absolute Gasteiger partial charge is 0.214 e. The van der Waals surface area contributed by atoms with Gasteiger partial charge < -0.3 is 45.4 Å². The second-order valence-corrected chi connectivity index (χ2v) is 7.65. The van der Waals surface area contributed by atoms with E-state index in [1.54, 1.807) is 0 Å². The summed E-state index contributed by atoms with van der Waals surface area (Å²) in [4.78, 5) is 0. The Hall–Kier alpha value is -2.96. The number of nitrogens with zero attached hydrogens (tertiary/aromatic N) is 2. The highest BCUT2D eigenvalue weighted by Gasteiger charge is 2.14. The summed E-state index contributed by atoms with van der Waals surface area (Å²) in [6.07, 6.45) is 4.12. The maximum Gasteiger partial charge on any atom is 0.214 e. The first-order valence-corrected chi connectivity index (χ1v) is 10.1. The largest absolute Gasteiger partial charge is 1.00 e. The monoisotopic (exact) mass is 550 g/mol. The van der Waals surface area contributed by atoms with Crippen LogP contribution in [0.3, 0.4) is 0 Å². The fourth-order valence-corrected chi connectivity index (χ4v) is 4.11. The van der Waals surface area contributed by atoms with Crippen LogP contribution in [0.1, 0.15) is 11.1 Å². The first-order chi connectivity index (χ1) is 14.7. The summed E-state index contributed by atoms with van der Waals surface area (Å²) < 4.78 is 4.49. The second-order valence-electron chi connectivity index (χ2n) is 7.65. The molecule has 2 heterocycles. The van der Waals surface area contributed by atoms with Crippen LogP contribution in [0.5, 0.6) is 0 Å². The quantitative estimate of drug-likeness (QED) is 0.250. The Morgan fingerprint density at radius 1 is 0.531 bits per heavy atom. The van der Waals surface area contributed by atoms with E-state index in [4.69, 9.17) is 11.5 Å². The average Bonchev–Trinajstić information content (AvgIpc) is 2.78. The number of hydrogen-bond donors (Lipinski definition) is 2. The SMILES string of the molecule is Nc1cc[n+](Cc2cccc(C[n+]3ccc(N)c4ccccc43)c2)c2ccccc12.[Br-].[Br-]. The van der Waals surface area contributed by atoms with Crippen LogP contribution in [0.15, 0.2) is 97.3 Å². The van der Waals surface area contributed by atoms with E-state index < -0.39 is 0 Å².